The number of nitrogens with zero attached hydrogens (tertiary/aromatic N) is 3. The van der Waals surface area contributed by atoms with Gasteiger partial charge in [0.2, 0.25) is 0 Å². The van der Waals surface area contributed by atoms with E-state index in [4.69, 9.17) is 5.73 Å². The van der Waals surface area contributed by atoms with Gasteiger partial charge >= 0.3 is 0 Å². The summed E-state index contributed by atoms with van der Waals surface area (Å²) in [6.45, 7) is 1.92. The Labute approximate surface area is 109 Å². The van der Waals surface area contributed by atoms with Gasteiger partial charge in [-0.25, -0.2) is 4.98 Å². The van der Waals surface area contributed by atoms with Crippen molar-refractivity contribution in [2.75, 3.05) is 5.73 Å². The predicted octanol–water partition coefficient (Wildman–Crippen LogP) is 2.38. The summed E-state index contributed by atoms with van der Waals surface area (Å²) in [7, 11) is 0. The SMILES string of the molecule is Cc1nc2n(c1-c1ccc([N+](=O)[O-])c(N)c1)C=CC2. The van der Waals surface area contributed by atoms with E-state index in [0.717, 1.165) is 29.2 Å². The van der Waals surface area contributed by atoms with Crippen LogP contribution in [-0.2, 0) is 6.42 Å². The third-order valence-corrected chi connectivity index (χ3v) is 3.21. The van der Waals surface area contributed by atoms with Crippen molar-refractivity contribution in [1.82, 2.24) is 9.55 Å². The number of aryl methyl sites for hydroxylation is 1. The Morgan fingerprint density at radius 1 is 1.47 bits per heavy atom. The highest BCUT2D eigenvalue weighted by atomic mass is 16.6. The lowest BCUT2D eigenvalue weighted by atomic mass is 10.1. The van der Waals surface area contributed by atoms with Crippen LogP contribution in [0, 0.1) is 17.0 Å². The Morgan fingerprint density at radius 2 is 2.26 bits per heavy atom. The Bertz CT molecular complexity index is 716. The van der Waals surface area contributed by atoms with Crippen LogP contribution >= 0.6 is 0 Å². The molecule has 1 aliphatic rings. The van der Waals surface area contributed by atoms with E-state index in [-0.39, 0.29) is 11.4 Å². The number of nitro benzene ring substituents is 1. The number of nitrogens with two attached hydrogens (primary N) is 1. The molecule has 0 radical (unpaired) electrons. The van der Waals surface area contributed by atoms with Gasteiger partial charge in [-0.15, -0.1) is 0 Å². The average Bonchev–Trinajstić information content (AvgIpc) is 2.87. The van der Waals surface area contributed by atoms with Gasteiger partial charge in [-0.05, 0) is 19.1 Å². The summed E-state index contributed by atoms with van der Waals surface area (Å²) in [5.41, 5.74) is 8.50. The van der Waals surface area contributed by atoms with Gasteiger partial charge in [-0.3, -0.25) is 10.1 Å². The van der Waals surface area contributed by atoms with Crippen molar-refractivity contribution in [1.29, 1.82) is 0 Å². The monoisotopic (exact) mass is 256 g/mol. The molecule has 0 fully saturated rings. The third kappa shape index (κ3) is 1.69. The number of fused-ring (bicyclic) bond motifs is 1. The summed E-state index contributed by atoms with van der Waals surface area (Å²) in [5.74, 6) is 0.976. The van der Waals surface area contributed by atoms with E-state index in [0.29, 0.717) is 0 Å². The second-order valence-corrected chi connectivity index (χ2v) is 4.45. The fraction of sp³-hybridized carbons (Fsp3) is 0.154. The number of aromatic nitrogens is 2. The first kappa shape index (κ1) is 11.5. The van der Waals surface area contributed by atoms with Gasteiger partial charge in [0.15, 0.2) is 0 Å². The quantitative estimate of drug-likeness (QED) is 0.507. The number of imidazole rings is 1. The molecule has 2 N–H and O–H groups in total. The number of hydrogen-bond acceptors (Lipinski definition) is 4. The summed E-state index contributed by atoms with van der Waals surface area (Å²) < 4.78 is 2.00. The van der Waals surface area contributed by atoms with E-state index in [1.54, 1.807) is 12.1 Å². The van der Waals surface area contributed by atoms with Crippen LogP contribution in [0.15, 0.2) is 24.3 Å². The van der Waals surface area contributed by atoms with Crippen molar-refractivity contribution in [3.05, 3.63) is 45.9 Å². The second-order valence-electron chi connectivity index (χ2n) is 4.45. The summed E-state index contributed by atoms with van der Waals surface area (Å²) in [6.07, 6.45) is 4.80. The summed E-state index contributed by atoms with van der Waals surface area (Å²) >= 11 is 0. The lowest BCUT2D eigenvalue weighted by Crippen LogP contribution is -1.97. The number of nitrogen functional groups attached to an aromatic ring is 1. The number of hydrogen-bond donors (Lipinski definition) is 1. The predicted molar refractivity (Wildman–Crippen MR) is 72.5 cm³/mol. The minimum atomic E-state index is -0.479. The maximum Gasteiger partial charge on any atom is 0.292 e. The molecule has 6 heteroatoms. The smallest absolute Gasteiger partial charge is 0.292 e. The van der Waals surface area contributed by atoms with Crippen molar-refractivity contribution in [2.24, 2.45) is 0 Å². The van der Waals surface area contributed by atoms with E-state index in [2.05, 4.69) is 4.98 Å². The first-order valence-corrected chi connectivity index (χ1v) is 5.86. The Kier molecular flexibility index (Phi) is 2.38. The van der Waals surface area contributed by atoms with Crippen LogP contribution in [0.3, 0.4) is 0 Å². The van der Waals surface area contributed by atoms with Crippen LogP contribution in [0.2, 0.25) is 0 Å². The van der Waals surface area contributed by atoms with E-state index in [1.165, 1.54) is 6.07 Å². The van der Waals surface area contributed by atoms with Crippen LogP contribution in [0.4, 0.5) is 11.4 Å². The van der Waals surface area contributed by atoms with Crippen LogP contribution < -0.4 is 5.73 Å². The zero-order valence-corrected chi connectivity index (χ0v) is 10.3. The van der Waals surface area contributed by atoms with Crippen molar-refractivity contribution >= 4 is 17.6 Å². The van der Waals surface area contributed by atoms with E-state index in [9.17, 15) is 10.1 Å². The highest BCUT2D eigenvalue weighted by molar-refractivity contribution is 5.74. The van der Waals surface area contributed by atoms with E-state index < -0.39 is 4.92 Å². The van der Waals surface area contributed by atoms with E-state index in [1.807, 2.05) is 23.8 Å². The van der Waals surface area contributed by atoms with Gasteiger partial charge in [0.1, 0.15) is 11.5 Å². The van der Waals surface area contributed by atoms with Gasteiger partial charge in [-0.1, -0.05) is 6.08 Å². The fourth-order valence-corrected chi connectivity index (χ4v) is 2.39. The van der Waals surface area contributed by atoms with Crippen LogP contribution in [0.5, 0.6) is 0 Å². The number of nitro groups is 1. The number of benzene rings is 1. The van der Waals surface area contributed by atoms with Crippen molar-refractivity contribution < 1.29 is 4.92 Å². The molecule has 6 nitrogen and oxygen atoms in total. The van der Waals surface area contributed by atoms with Crippen LogP contribution in [-0.4, -0.2) is 14.5 Å². The summed E-state index contributed by atoms with van der Waals surface area (Å²) in [4.78, 5) is 14.8. The van der Waals surface area contributed by atoms with Gasteiger partial charge in [0, 0.05) is 24.3 Å². The van der Waals surface area contributed by atoms with Crippen molar-refractivity contribution in [3.8, 4) is 11.3 Å². The van der Waals surface area contributed by atoms with Gasteiger partial charge in [-0.2, -0.15) is 0 Å². The molecular formula is C13H12N4O2. The number of anilines is 1. The van der Waals surface area contributed by atoms with Crippen molar-refractivity contribution in [2.45, 2.75) is 13.3 Å². The molecule has 2 aromatic rings. The molecule has 2 heterocycles. The fourth-order valence-electron chi connectivity index (χ4n) is 2.39. The molecule has 1 aromatic heterocycles. The maximum atomic E-state index is 10.8. The molecule has 0 bridgehead atoms. The largest absolute Gasteiger partial charge is 0.393 e. The average molecular weight is 256 g/mol. The van der Waals surface area contributed by atoms with Gasteiger partial charge in [0.25, 0.3) is 5.69 Å². The molecule has 3 rings (SSSR count). The van der Waals surface area contributed by atoms with E-state index >= 15 is 0 Å². The Hall–Kier alpha value is -2.63. The zero-order valence-electron chi connectivity index (χ0n) is 10.3. The standard InChI is InChI=1S/C13H12N4O2/c1-8-13(16-6-2-3-12(16)15-8)9-4-5-11(17(18)19)10(14)7-9/h2,4-7H,3,14H2,1H3. The molecule has 1 aromatic carbocycles. The number of rotatable bonds is 2. The summed E-state index contributed by atoms with van der Waals surface area (Å²) in [5, 5.41) is 10.8. The molecule has 0 aliphatic carbocycles. The topological polar surface area (TPSA) is 87.0 Å². The first-order valence-electron chi connectivity index (χ1n) is 5.86. The molecule has 0 amide bonds. The minimum Gasteiger partial charge on any atom is -0.393 e. The maximum absolute atomic E-state index is 10.8. The molecule has 0 spiro atoms. The van der Waals surface area contributed by atoms with Crippen molar-refractivity contribution in [3.63, 3.8) is 0 Å². The van der Waals surface area contributed by atoms with Gasteiger partial charge in [0.05, 0.1) is 16.3 Å². The lowest BCUT2D eigenvalue weighted by Gasteiger charge is -2.06. The van der Waals surface area contributed by atoms with Gasteiger partial charge < -0.3 is 10.3 Å². The Morgan fingerprint density at radius 3 is 2.95 bits per heavy atom. The minimum absolute atomic E-state index is 0.0712. The molecule has 96 valence electrons. The number of allylic oxidation sites excluding steroid dienone is 1. The third-order valence-electron chi connectivity index (χ3n) is 3.21. The normalized spacial score (nSPS) is 12.7. The second kappa shape index (κ2) is 3.94. The molecule has 0 unspecified atom stereocenters. The molecule has 0 saturated carbocycles. The summed E-state index contributed by atoms with van der Waals surface area (Å²) in [6, 6.07) is 4.77. The molecule has 1 aliphatic heterocycles. The molecule has 0 atom stereocenters. The van der Waals surface area contributed by atoms with Crippen LogP contribution in [0.25, 0.3) is 17.5 Å². The molecular weight excluding hydrogens is 244 g/mol. The lowest BCUT2D eigenvalue weighted by molar-refractivity contribution is -0.383. The highest BCUT2D eigenvalue weighted by Crippen LogP contribution is 2.32. The molecule has 19 heavy (non-hydrogen) atoms. The highest BCUT2D eigenvalue weighted by Gasteiger charge is 2.19. The van der Waals surface area contributed by atoms with Crippen LogP contribution in [0.1, 0.15) is 11.5 Å². The Balaban J connectivity index is 2.16. The first-order chi connectivity index (χ1) is 9.08. The molecule has 0 saturated heterocycles. The zero-order chi connectivity index (χ0) is 13.6.